The fourth-order valence-electron chi connectivity index (χ4n) is 1.76. The molecule has 1 aromatic heterocycles. The average molecular weight is 285 g/mol. The topological polar surface area (TPSA) is 38.1 Å². The number of benzene rings is 1. The third-order valence-corrected chi connectivity index (χ3v) is 4.38. The van der Waals surface area contributed by atoms with Crippen LogP contribution in [0.1, 0.15) is 12.7 Å². The summed E-state index contributed by atoms with van der Waals surface area (Å²) < 4.78 is 2.10. The fourth-order valence-corrected chi connectivity index (χ4v) is 2.99. The third-order valence-electron chi connectivity index (χ3n) is 2.88. The molecule has 2 rings (SSSR count). The maximum atomic E-state index is 8.98. The van der Waals surface area contributed by atoms with Crippen molar-refractivity contribution in [2.45, 2.75) is 12.7 Å². The largest absolute Gasteiger partial charge is 0.396 e. The van der Waals surface area contributed by atoms with Crippen molar-refractivity contribution in [3.63, 3.8) is 0 Å². The number of nitrogens with zero attached hydrogens (tertiary/aromatic N) is 2. The summed E-state index contributed by atoms with van der Waals surface area (Å²) in [4.78, 5) is 4.59. The summed E-state index contributed by atoms with van der Waals surface area (Å²) >= 11 is 7.76. The molecule has 0 fully saturated rings. The molecule has 0 saturated carbocycles. The highest BCUT2D eigenvalue weighted by Crippen LogP contribution is 2.22. The molecule has 18 heavy (non-hydrogen) atoms. The number of aliphatic hydroxyl groups excluding tert-OH is 1. The molecule has 0 bridgehead atoms. The number of thioether (sulfide) groups is 1. The van der Waals surface area contributed by atoms with Crippen LogP contribution in [-0.2, 0) is 12.8 Å². The Balaban J connectivity index is 2.11. The molecule has 5 heteroatoms. The second kappa shape index (κ2) is 5.95. The van der Waals surface area contributed by atoms with E-state index in [2.05, 4.69) is 9.55 Å². The van der Waals surface area contributed by atoms with Gasteiger partial charge in [0.25, 0.3) is 0 Å². The van der Waals surface area contributed by atoms with Crippen LogP contribution in [0, 0.1) is 5.92 Å². The highest BCUT2D eigenvalue weighted by molar-refractivity contribution is 7.98. The predicted molar refractivity (Wildman–Crippen MR) is 78.1 cm³/mol. The molecule has 0 amide bonds. The predicted octanol–water partition coefficient (Wildman–Crippen LogP) is 3.09. The molecule has 98 valence electrons. The molecule has 3 nitrogen and oxygen atoms in total. The monoisotopic (exact) mass is 284 g/mol. The molecular weight excluding hydrogens is 268 g/mol. The average Bonchev–Trinajstić information content (AvgIpc) is 2.65. The Hall–Kier alpha value is -0.710. The standard InChI is InChI=1S/C13H17ClN2OS/c1-9(6-17)7-18-8-13-15-11-5-10(14)3-4-12(11)16(13)2/h3-5,9,17H,6-8H2,1-2H3. The van der Waals surface area contributed by atoms with Crippen molar-refractivity contribution in [2.75, 3.05) is 12.4 Å². The van der Waals surface area contributed by atoms with E-state index in [0.29, 0.717) is 10.9 Å². The molecule has 0 aliphatic rings. The first-order valence-electron chi connectivity index (χ1n) is 5.91. The minimum atomic E-state index is 0.241. The van der Waals surface area contributed by atoms with E-state index in [1.807, 2.05) is 32.2 Å². The first-order valence-corrected chi connectivity index (χ1v) is 7.44. The summed E-state index contributed by atoms with van der Waals surface area (Å²) in [6, 6.07) is 5.77. The van der Waals surface area contributed by atoms with Crippen LogP contribution in [0.3, 0.4) is 0 Å². The highest BCUT2D eigenvalue weighted by Gasteiger charge is 2.09. The molecule has 1 atom stereocenters. The second-order valence-corrected chi connectivity index (χ2v) is 5.99. The first-order chi connectivity index (χ1) is 8.61. The van der Waals surface area contributed by atoms with Gasteiger partial charge in [-0.25, -0.2) is 4.98 Å². The molecule has 1 aromatic carbocycles. The van der Waals surface area contributed by atoms with E-state index in [9.17, 15) is 0 Å². The van der Waals surface area contributed by atoms with Gasteiger partial charge in [-0.1, -0.05) is 18.5 Å². The second-order valence-electron chi connectivity index (χ2n) is 4.52. The zero-order chi connectivity index (χ0) is 13.1. The molecule has 1 unspecified atom stereocenters. The highest BCUT2D eigenvalue weighted by atomic mass is 35.5. The zero-order valence-electron chi connectivity index (χ0n) is 10.6. The Morgan fingerprint density at radius 2 is 2.28 bits per heavy atom. The number of aliphatic hydroxyl groups is 1. The number of rotatable bonds is 5. The molecule has 1 heterocycles. The van der Waals surface area contributed by atoms with E-state index in [-0.39, 0.29) is 6.61 Å². The molecule has 0 saturated heterocycles. The Morgan fingerprint density at radius 3 is 3.00 bits per heavy atom. The summed E-state index contributed by atoms with van der Waals surface area (Å²) in [5.74, 6) is 3.18. The van der Waals surface area contributed by atoms with E-state index >= 15 is 0 Å². The van der Waals surface area contributed by atoms with Crippen molar-refractivity contribution >= 4 is 34.4 Å². The van der Waals surface area contributed by atoms with Gasteiger partial charge in [0.15, 0.2) is 0 Å². The number of hydrogen-bond acceptors (Lipinski definition) is 3. The van der Waals surface area contributed by atoms with Gasteiger partial charge in [0.1, 0.15) is 5.82 Å². The van der Waals surface area contributed by atoms with Gasteiger partial charge in [-0.2, -0.15) is 11.8 Å². The summed E-state index contributed by atoms with van der Waals surface area (Å²) in [5.41, 5.74) is 2.04. The molecule has 0 aliphatic carbocycles. The summed E-state index contributed by atoms with van der Waals surface area (Å²) in [5, 5.41) is 9.70. The van der Waals surface area contributed by atoms with Crippen LogP contribution in [0.4, 0.5) is 0 Å². The Labute approximate surface area is 116 Å². The summed E-state index contributed by atoms with van der Waals surface area (Å²) in [6.45, 7) is 2.28. The van der Waals surface area contributed by atoms with Crippen LogP contribution in [0.2, 0.25) is 5.02 Å². The number of halogens is 1. The van der Waals surface area contributed by atoms with Crippen molar-refractivity contribution in [3.05, 3.63) is 29.0 Å². The minimum Gasteiger partial charge on any atom is -0.396 e. The number of hydrogen-bond donors (Lipinski definition) is 1. The number of fused-ring (bicyclic) bond motifs is 1. The quantitative estimate of drug-likeness (QED) is 0.917. The Morgan fingerprint density at radius 1 is 1.50 bits per heavy atom. The lowest BCUT2D eigenvalue weighted by atomic mass is 10.2. The van der Waals surface area contributed by atoms with Gasteiger partial charge in [0, 0.05) is 18.7 Å². The lowest BCUT2D eigenvalue weighted by Crippen LogP contribution is -2.04. The van der Waals surface area contributed by atoms with Crippen LogP contribution < -0.4 is 0 Å². The van der Waals surface area contributed by atoms with Gasteiger partial charge in [0.2, 0.25) is 0 Å². The molecule has 0 radical (unpaired) electrons. The minimum absolute atomic E-state index is 0.241. The van der Waals surface area contributed by atoms with Gasteiger partial charge >= 0.3 is 0 Å². The van der Waals surface area contributed by atoms with Crippen LogP contribution in [0.15, 0.2) is 18.2 Å². The van der Waals surface area contributed by atoms with Crippen molar-refractivity contribution in [1.82, 2.24) is 9.55 Å². The van der Waals surface area contributed by atoms with Gasteiger partial charge in [-0.3, -0.25) is 0 Å². The third kappa shape index (κ3) is 2.99. The molecule has 1 N–H and O–H groups in total. The van der Waals surface area contributed by atoms with Crippen molar-refractivity contribution in [3.8, 4) is 0 Å². The molecular formula is C13H17ClN2OS. The van der Waals surface area contributed by atoms with Crippen molar-refractivity contribution in [2.24, 2.45) is 13.0 Å². The van der Waals surface area contributed by atoms with Gasteiger partial charge in [-0.15, -0.1) is 0 Å². The lowest BCUT2D eigenvalue weighted by Gasteiger charge is -2.07. The summed E-state index contributed by atoms with van der Waals surface area (Å²) in [7, 11) is 2.02. The SMILES string of the molecule is CC(CO)CSCc1nc2cc(Cl)ccc2n1C. The molecule has 0 aliphatic heterocycles. The zero-order valence-corrected chi connectivity index (χ0v) is 12.1. The van der Waals surface area contributed by atoms with Crippen molar-refractivity contribution in [1.29, 1.82) is 0 Å². The molecule has 2 aromatic rings. The number of imidazole rings is 1. The van der Waals surface area contributed by atoms with Crippen LogP contribution in [0.5, 0.6) is 0 Å². The Bertz CT molecular complexity index is 541. The summed E-state index contributed by atoms with van der Waals surface area (Å²) in [6.07, 6.45) is 0. The normalized spacial score (nSPS) is 13.1. The van der Waals surface area contributed by atoms with E-state index in [1.54, 1.807) is 11.8 Å². The first kappa shape index (κ1) is 13.7. The maximum Gasteiger partial charge on any atom is 0.119 e. The Kier molecular flexibility index (Phi) is 4.54. The van der Waals surface area contributed by atoms with E-state index in [1.165, 1.54) is 0 Å². The van der Waals surface area contributed by atoms with Gasteiger partial charge < -0.3 is 9.67 Å². The van der Waals surface area contributed by atoms with Gasteiger partial charge in [-0.05, 0) is 29.9 Å². The van der Waals surface area contributed by atoms with Gasteiger partial charge in [0.05, 0.1) is 16.8 Å². The van der Waals surface area contributed by atoms with Crippen molar-refractivity contribution < 1.29 is 5.11 Å². The van der Waals surface area contributed by atoms with E-state index in [4.69, 9.17) is 16.7 Å². The fraction of sp³-hybridized carbons (Fsp3) is 0.462. The van der Waals surface area contributed by atoms with E-state index in [0.717, 1.165) is 28.4 Å². The molecule has 0 spiro atoms. The smallest absolute Gasteiger partial charge is 0.119 e. The van der Waals surface area contributed by atoms with Crippen LogP contribution in [-0.4, -0.2) is 27.0 Å². The number of aromatic nitrogens is 2. The van der Waals surface area contributed by atoms with Crippen LogP contribution in [0.25, 0.3) is 11.0 Å². The van der Waals surface area contributed by atoms with E-state index < -0.39 is 0 Å². The number of aryl methyl sites for hydroxylation is 1. The lowest BCUT2D eigenvalue weighted by molar-refractivity contribution is 0.250. The maximum absolute atomic E-state index is 8.98. The van der Waals surface area contributed by atoms with Crippen LogP contribution >= 0.6 is 23.4 Å².